The van der Waals surface area contributed by atoms with Crippen LogP contribution < -0.4 is 15.8 Å². The number of methoxy groups -OCH3 is 1. The van der Waals surface area contributed by atoms with Gasteiger partial charge in [-0.1, -0.05) is 13.8 Å². The van der Waals surface area contributed by atoms with Gasteiger partial charge in [0, 0.05) is 27.8 Å². The Morgan fingerprint density at radius 2 is 2.10 bits per heavy atom. The van der Waals surface area contributed by atoms with Crippen LogP contribution in [0.1, 0.15) is 27.2 Å². The third-order valence-corrected chi connectivity index (χ3v) is 5.21. The van der Waals surface area contributed by atoms with Gasteiger partial charge in [-0.05, 0) is 25.5 Å². The Hall–Kier alpha value is -1.56. The van der Waals surface area contributed by atoms with Crippen LogP contribution >= 0.6 is 0 Å². The number of anilines is 2. The summed E-state index contributed by atoms with van der Waals surface area (Å²) in [4.78, 5) is 12.1. The first kappa shape index (κ1) is 16.5. The fraction of sp³-hybridized carbons (Fsp3) is 0.500. The molecule has 3 atom stereocenters. The molecule has 0 heterocycles. The number of amides is 1. The van der Waals surface area contributed by atoms with Crippen molar-refractivity contribution in [2.45, 2.75) is 37.7 Å². The normalized spacial score (nSPS) is 15.2. The summed E-state index contributed by atoms with van der Waals surface area (Å²) in [5.41, 5.74) is 6.74. The van der Waals surface area contributed by atoms with Gasteiger partial charge in [0.2, 0.25) is 5.91 Å². The monoisotopic (exact) mass is 298 g/mol. The molecule has 6 heteroatoms. The third kappa shape index (κ3) is 3.96. The van der Waals surface area contributed by atoms with E-state index in [1.807, 2.05) is 13.8 Å². The van der Waals surface area contributed by atoms with Crippen molar-refractivity contribution in [1.82, 2.24) is 0 Å². The quantitative estimate of drug-likeness (QED) is 0.788. The van der Waals surface area contributed by atoms with Crippen molar-refractivity contribution in [3.05, 3.63) is 18.2 Å². The zero-order valence-electron chi connectivity index (χ0n) is 12.3. The molecular weight excluding hydrogens is 276 g/mol. The van der Waals surface area contributed by atoms with Gasteiger partial charge in [-0.3, -0.25) is 9.00 Å². The van der Waals surface area contributed by atoms with Gasteiger partial charge < -0.3 is 15.8 Å². The van der Waals surface area contributed by atoms with Gasteiger partial charge in [0.15, 0.2) is 0 Å². The van der Waals surface area contributed by atoms with E-state index in [1.54, 1.807) is 25.1 Å². The van der Waals surface area contributed by atoms with Crippen molar-refractivity contribution in [3.8, 4) is 5.75 Å². The molecule has 0 aliphatic rings. The lowest BCUT2D eigenvalue weighted by molar-refractivity contribution is -0.115. The zero-order chi connectivity index (χ0) is 15.3. The van der Waals surface area contributed by atoms with Gasteiger partial charge in [-0.25, -0.2) is 0 Å². The Bertz CT molecular complexity index is 505. The van der Waals surface area contributed by atoms with Crippen molar-refractivity contribution in [2.24, 2.45) is 0 Å². The van der Waals surface area contributed by atoms with Gasteiger partial charge in [-0.2, -0.15) is 0 Å². The molecular formula is C14H22N2O3S. The van der Waals surface area contributed by atoms with Gasteiger partial charge in [0.1, 0.15) is 11.0 Å². The molecule has 0 aromatic heterocycles. The highest BCUT2D eigenvalue weighted by Gasteiger charge is 2.24. The lowest BCUT2D eigenvalue weighted by Crippen LogP contribution is -2.33. The lowest BCUT2D eigenvalue weighted by atomic mass is 10.2. The first-order chi connectivity index (χ1) is 9.40. The number of carbonyl (C=O) groups excluding carboxylic acids is 1. The van der Waals surface area contributed by atoms with E-state index >= 15 is 0 Å². The van der Waals surface area contributed by atoms with Crippen LogP contribution in [0.5, 0.6) is 5.75 Å². The van der Waals surface area contributed by atoms with Crippen molar-refractivity contribution in [3.63, 3.8) is 0 Å². The molecule has 20 heavy (non-hydrogen) atoms. The van der Waals surface area contributed by atoms with E-state index in [4.69, 9.17) is 10.5 Å². The fourth-order valence-electron chi connectivity index (χ4n) is 1.66. The molecule has 0 aliphatic heterocycles. The average Bonchev–Trinajstić information content (AvgIpc) is 2.46. The van der Waals surface area contributed by atoms with Crippen molar-refractivity contribution in [1.29, 1.82) is 0 Å². The predicted octanol–water partition coefficient (Wildman–Crippen LogP) is 2.15. The smallest absolute Gasteiger partial charge is 0.239 e. The Morgan fingerprint density at radius 3 is 2.65 bits per heavy atom. The molecule has 112 valence electrons. The Kier molecular flexibility index (Phi) is 6.01. The summed E-state index contributed by atoms with van der Waals surface area (Å²) >= 11 is 0. The molecule has 1 aromatic rings. The van der Waals surface area contributed by atoms with Crippen LogP contribution in [0.3, 0.4) is 0 Å². The van der Waals surface area contributed by atoms with Crippen LogP contribution in [0.15, 0.2) is 18.2 Å². The second kappa shape index (κ2) is 7.28. The van der Waals surface area contributed by atoms with E-state index in [1.165, 1.54) is 7.11 Å². The standard InChI is InChI=1S/C14H22N2O3S/c1-5-9(2)20(18)10(3)14(17)16-12-7-6-11(15)8-13(12)19-4/h6-10H,5,15H2,1-4H3,(H,16,17). The topological polar surface area (TPSA) is 81.4 Å². The number of benzene rings is 1. The summed E-state index contributed by atoms with van der Waals surface area (Å²) < 4.78 is 17.3. The summed E-state index contributed by atoms with van der Waals surface area (Å²) in [6, 6.07) is 4.98. The van der Waals surface area contributed by atoms with E-state index < -0.39 is 16.0 Å². The van der Waals surface area contributed by atoms with Crippen LogP contribution in [-0.4, -0.2) is 27.7 Å². The van der Waals surface area contributed by atoms with Gasteiger partial charge in [0.25, 0.3) is 0 Å². The minimum atomic E-state index is -1.20. The average molecular weight is 298 g/mol. The largest absolute Gasteiger partial charge is 0.494 e. The number of carbonyl (C=O) groups is 1. The molecule has 0 saturated heterocycles. The highest BCUT2D eigenvalue weighted by Crippen LogP contribution is 2.27. The highest BCUT2D eigenvalue weighted by molar-refractivity contribution is 7.87. The first-order valence-electron chi connectivity index (χ1n) is 6.54. The second-order valence-corrected chi connectivity index (χ2v) is 6.81. The van der Waals surface area contributed by atoms with E-state index in [2.05, 4.69) is 5.32 Å². The molecule has 0 bridgehead atoms. The second-order valence-electron chi connectivity index (χ2n) is 4.64. The number of nitrogens with one attached hydrogen (secondary N) is 1. The van der Waals surface area contributed by atoms with Gasteiger partial charge in [0.05, 0.1) is 12.8 Å². The van der Waals surface area contributed by atoms with Crippen molar-refractivity contribution >= 4 is 28.1 Å². The maximum Gasteiger partial charge on any atom is 0.239 e. The summed E-state index contributed by atoms with van der Waals surface area (Å²) in [5, 5.41) is 2.15. The van der Waals surface area contributed by atoms with Crippen LogP contribution in [0.2, 0.25) is 0 Å². The van der Waals surface area contributed by atoms with E-state index in [0.29, 0.717) is 17.1 Å². The number of ether oxygens (including phenoxy) is 1. The van der Waals surface area contributed by atoms with Gasteiger partial charge in [-0.15, -0.1) is 0 Å². The van der Waals surface area contributed by atoms with E-state index in [0.717, 1.165) is 6.42 Å². The molecule has 0 radical (unpaired) electrons. The Labute approximate surface area is 122 Å². The summed E-state index contributed by atoms with van der Waals surface area (Å²) in [6.07, 6.45) is 0.773. The molecule has 0 aliphatic carbocycles. The fourth-order valence-corrected chi connectivity index (χ4v) is 2.96. The van der Waals surface area contributed by atoms with Crippen LogP contribution in [-0.2, 0) is 15.6 Å². The summed E-state index contributed by atoms with van der Waals surface area (Å²) in [7, 11) is 0.301. The number of nitrogen functional groups attached to an aromatic ring is 1. The molecule has 1 aromatic carbocycles. The van der Waals surface area contributed by atoms with Crippen LogP contribution in [0, 0.1) is 0 Å². The molecule has 0 fully saturated rings. The highest BCUT2D eigenvalue weighted by atomic mass is 32.2. The molecule has 0 spiro atoms. The van der Waals surface area contributed by atoms with E-state index in [9.17, 15) is 9.00 Å². The number of hydrogen-bond donors (Lipinski definition) is 2. The first-order valence-corrected chi connectivity index (χ1v) is 7.82. The molecule has 5 nitrogen and oxygen atoms in total. The minimum absolute atomic E-state index is 0.0101. The number of rotatable bonds is 6. The molecule has 3 unspecified atom stereocenters. The SMILES string of the molecule is CCC(C)S(=O)C(C)C(=O)Nc1ccc(N)cc1OC. The van der Waals surface area contributed by atoms with Gasteiger partial charge >= 0.3 is 0 Å². The van der Waals surface area contributed by atoms with E-state index in [-0.39, 0.29) is 11.2 Å². The molecule has 1 amide bonds. The zero-order valence-corrected chi connectivity index (χ0v) is 13.1. The maximum absolute atomic E-state index is 12.1. The summed E-state index contributed by atoms with van der Waals surface area (Å²) in [6.45, 7) is 5.50. The molecule has 1 rings (SSSR count). The summed E-state index contributed by atoms with van der Waals surface area (Å²) in [5.74, 6) is 0.201. The van der Waals surface area contributed by atoms with Crippen molar-refractivity contribution in [2.75, 3.05) is 18.2 Å². The minimum Gasteiger partial charge on any atom is -0.494 e. The predicted molar refractivity (Wildman–Crippen MR) is 83.4 cm³/mol. The maximum atomic E-state index is 12.1. The molecule has 3 N–H and O–H groups in total. The number of nitrogens with two attached hydrogens (primary N) is 1. The lowest BCUT2D eigenvalue weighted by Gasteiger charge is -2.17. The number of hydrogen-bond acceptors (Lipinski definition) is 4. The van der Waals surface area contributed by atoms with Crippen molar-refractivity contribution < 1.29 is 13.7 Å². The Balaban J connectivity index is 2.83. The van der Waals surface area contributed by atoms with Crippen LogP contribution in [0.25, 0.3) is 0 Å². The molecule has 0 saturated carbocycles. The Morgan fingerprint density at radius 1 is 1.45 bits per heavy atom. The van der Waals surface area contributed by atoms with Crippen LogP contribution in [0.4, 0.5) is 11.4 Å². The third-order valence-electron chi connectivity index (χ3n) is 3.17.